The summed E-state index contributed by atoms with van der Waals surface area (Å²) < 4.78 is 16.2. The summed E-state index contributed by atoms with van der Waals surface area (Å²) in [5, 5.41) is 3.25. The summed E-state index contributed by atoms with van der Waals surface area (Å²) in [5.41, 5.74) is 0.754. The van der Waals surface area contributed by atoms with Crippen LogP contribution in [0.15, 0.2) is 38.2 Å². The Morgan fingerprint density at radius 3 is 2.70 bits per heavy atom. The standard InChI is InChI=1S/C18H22N6O3/c1-25-12-3-4-13(14(11-12)26-2)21-18-22-16-15(19-5-6-20-16)17(23-18)24-7-9-27-10-8-24/h3-6,11,15-16H,7-10H2,1-2H3,(H,21,22). The summed E-state index contributed by atoms with van der Waals surface area (Å²) in [6.45, 7) is 2.91. The molecule has 2 unspecified atom stereocenters. The maximum atomic E-state index is 5.46. The third-order valence-corrected chi connectivity index (χ3v) is 4.56. The van der Waals surface area contributed by atoms with Crippen LogP contribution in [0.2, 0.25) is 0 Å². The van der Waals surface area contributed by atoms with E-state index in [9.17, 15) is 0 Å². The first-order valence-electron chi connectivity index (χ1n) is 8.81. The minimum Gasteiger partial charge on any atom is -0.497 e. The Morgan fingerprint density at radius 2 is 1.93 bits per heavy atom. The number of rotatable bonds is 3. The molecule has 1 fully saturated rings. The third-order valence-electron chi connectivity index (χ3n) is 4.56. The Hall–Kier alpha value is -2.94. The first kappa shape index (κ1) is 17.5. The van der Waals surface area contributed by atoms with Gasteiger partial charge in [-0.05, 0) is 12.1 Å². The zero-order valence-electron chi connectivity index (χ0n) is 15.3. The van der Waals surface area contributed by atoms with Gasteiger partial charge in [0.25, 0.3) is 0 Å². The number of amidine groups is 1. The third kappa shape index (κ3) is 3.63. The van der Waals surface area contributed by atoms with Gasteiger partial charge in [0.15, 0.2) is 6.17 Å². The monoisotopic (exact) mass is 370 g/mol. The summed E-state index contributed by atoms with van der Waals surface area (Å²) in [6, 6.07) is 5.34. The first-order valence-corrected chi connectivity index (χ1v) is 8.81. The molecule has 1 aromatic rings. The summed E-state index contributed by atoms with van der Waals surface area (Å²) >= 11 is 0. The molecule has 9 nitrogen and oxygen atoms in total. The quantitative estimate of drug-likeness (QED) is 0.859. The van der Waals surface area contributed by atoms with Gasteiger partial charge >= 0.3 is 0 Å². The van der Waals surface area contributed by atoms with Crippen molar-refractivity contribution in [2.24, 2.45) is 20.0 Å². The molecule has 142 valence electrons. The number of anilines is 1. The zero-order chi connectivity index (χ0) is 18.6. The van der Waals surface area contributed by atoms with Crippen LogP contribution in [0.3, 0.4) is 0 Å². The van der Waals surface area contributed by atoms with Gasteiger partial charge in [-0.1, -0.05) is 0 Å². The number of nitrogens with zero attached hydrogens (tertiary/aromatic N) is 5. The molecule has 0 amide bonds. The molecule has 4 rings (SSSR count). The number of aliphatic imine (C=N–C) groups is 4. The van der Waals surface area contributed by atoms with Crippen LogP contribution in [0.1, 0.15) is 0 Å². The smallest absolute Gasteiger partial charge is 0.226 e. The number of benzene rings is 1. The Bertz CT molecular complexity index is 813. The lowest BCUT2D eigenvalue weighted by Gasteiger charge is -2.35. The number of guanidine groups is 1. The largest absolute Gasteiger partial charge is 0.497 e. The van der Waals surface area contributed by atoms with Gasteiger partial charge in [0.05, 0.1) is 33.1 Å². The molecule has 27 heavy (non-hydrogen) atoms. The minimum atomic E-state index is -0.322. The number of ether oxygens (including phenoxy) is 3. The van der Waals surface area contributed by atoms with E-state index in [0.29, 0.717) is 30.7 Å². The maximum Gasteiger partial charge on any atom is 0.226 e. The van der Waals surface area contributed by atoms with E-state index in [1.165, 1.54) is 0 Å². The number of fused-ring (bicyclic) bond motifs is 1. The summed E-state index contributed by atoms with van der Waals surface area (Å²) in [6.07, 6.45) is 3.06. The SMILES string of the molecule is COc1ccc(NC2=NC3N=CC=NC3C(N3CCOCC3)=N2)c(OC)c1. The van der Waals surface area contributed by atoms with Gasteiger partial charge in [0.2, 0.25) is 5.96 Å². The van der Waals surface area contributed by atoms with Gasteiger partial charge in [0.1, 0.15) is 23.4 Å². The molecule has 3 heterocycles. The molecule has 0 aromatic heterocycles. The lowest BCUT2D eigenvalue weighted by atomic mass is 10.1. The fraction of sp³-hybridized carbons (Fsp3) is 0.444. The molecule has 1 saturated heterocycles. The molecule has 3 aliphatic heterocycles. The average molecular weight is 370 g/mol. The van der Waals surface area contributed by atoms with Crippen LogP contribution < -0.4 is 14.8 Å². The summed E-state index contributed by atoms with van der Waals surface area (Å²) in [5.74, 6) is 2.70. The van der Waals surface area contributed by atoms with Gasteiger partial charge in [-0.3, -0.25) is 9.98 Å². The van der Waals surface area contributed by atoms with Gasteiger partial charge in [-0.15, -0.1) is 0 Å². The lowest BCUT2D eigenvalue weighted by Crippen LogP contribution is -2.51. The Balaban J connectivity index is 1.63. The molecule has 0 radical (unpaired) electrons. The highest BCUT2D eigenvalue weighted by atomic mass is 16.5. The van der Waals surface area contributed by atoms with Gasteiger partial charge < -0.3 is 24.4 Å². The van der Waals surface area contributed by atoms with Crippen molar-refractivity contribution in [2.75, 3.05) is 45.8 Å². The number of methoxy groups -OCH3 is 2. The average Bonchev–Trinajstić information content (AvgIpc) is 2.74. The lowest BCUT2D eigenvalue weighted by molar-refractivity contribution is 0.0665. The fourth-order valence-electron chi connectivity index (χ4n) is 3.18. The van der Waals surface area contributed by atoms with Crippen molar-refractivity contribution in [3.05, 3.63) is 18.2 Å². The van der Waals surface area contributed by atoms with E-state index in [4.69, 9.17) is 19.2 Å². The second-order valence-electron chi connectivity index (χ2n) is 6.17. The fourth-order valence-corrected chi connectivity index (χ4v) is 3.18. The van der Waals surface area contributed by atoms with Crippen LogP contribution in [0.4, 0.5) is 5.69 Å². The predicted molar refractivity (Wildman–Crippen MR) is 105 cm³/mol. The van der Waals surface area contributed by atoms with E-state index >= 15 is 0 Å². The van der Waals surface area contributed by atoms with Crippen LogP contribution >= 0.6 is 0 Å². The van der Waals surface area contributed by atoms with E-state index in [-0.39, 0.29) is 12.2 Å². The maximum absolute atomic E-state index is 5.46. The van der Waals surface area contributed by atoms with E-state index in [0.717, 1.165) is 24.6 Å². The van der Waals surface area contributed by atoms with E-state index in [1.54, 1.807) is 26.6 Å². The molecule has 0 bridgehead atoms. The van der Waals surface area contributed by atoms with E-state index in [2.05, 4.69) is 25.2 Å². The van der Waals surface area contributed by atoms with Crippen molar-refractivity contribution >= 4 is 29.9 Å². The van der Waals surface area contributed by atoms with Crippen molar-refractivity contribution in [1.29, 1.82) is 0 Å². The number of hydrogen-bond acceptors (Lipinski definition) is 9. The normalized spacial score (nSPS) is 24.0. The molecule has 2 atom stereocenters. The summed E-state index contributed by atoms with van der Waals surface area (Å²) in [7, 11) is 3.23. The van der Waals surface area contributed by atoms with Crippen molar-refractivity contribution in [3.63, 3.8) is 0 Å². The summed E-state index contributed by atoms with van der Waals surface area (Å²) in [4.78, 5) is 20.6. The molecule has 1 N–H and O–H groups in total. The second-order valence-corrected chi connectivity index (χ2v) is 6.17. The molecular weight excluding hydrogens is 348 g/mol. The topological polar surface area (TPSA) is 92.4 Å². The van der Waals surface area contributed by atoms with Crippen molar-refractivity contribution in [3.8, 4) is 11.5 Å². The van der Waals surface area contributed by atoms with Gasteiger partial charge in [-0.25, -0.2) is 4.99 Å². The molecule has 0 spiro atoms. The number of morpholine rings is 1. The van der Waals surface area contributed by atoms with Crippen LogP contribution in [-0.4, -0.2) is 81.9 Å². The van der Waals surface area contributed by atoms with E-state index < -0.39 is 0 Å². The van der Waals surface area contributed by atoms with Crippen molar-refractivity contribution < 1.29 is 14.2 Å². The number of nitrogens with one attached hydrogen (secondary N) is 1. The molecule has 1 aromatic carbocycles. The zero-order valence-corrected chi connectivity index (χ0v) is 15.3. The van der Waals surface area contributed by atoms with E-state index in [1.807, 2.05) is 18.2 Å². The first-order chi connectivity index (χ1) is 13.3. The minimum absolute atomic E-state index is 0.198. The second kappa shape index (κ2) is 7.75. The molecular formula is C18H22N6O3. The number of hydrogen-bond donors (Lipinski definition) is 1. The predicted octanol–water partition coefficient (Wildman–Crippen LogP) is 1.07. The highest BCUT2D eigenvalue weighted by Gasteiger charge is 2.34. The Morgan fingerprint density at radius 1 is 1.11 bits per heavy atom. The highest BCUT2D eigenvalue weighted by Crippen LogP contribution is 2.30. The molecule has 9 heteroatoms. The molecule has 0 aliphatic carbocycles. The molecule has 3 aliphatic rings. The van der Waals surface area contributed by atoms with Crippen LogP contribution in [0.5, 0.6) is 11.5 Å². The van der Waals surface area contributed by atoms with Gasteiger partial charge in [-0.2, -0.15) is 4.99 Å². The van der Waals surface area contributed by atoms with Crippen LogP contribution in [0, 0.1) is 0 Å². The van der Waals surface area contributed by atoms with Crippen molar-refractivity contribution in [2.45, 2.75) is 12.2 Å². The Kier molecular flexibility index (Phi) is 5.01. The molecule has 0 saturated carbocycles. The van der Waals surface area contributed by atoms with Crippen LogP contribution in [-0.2, 0) is 4.74 Å². The van der Waals surface area contributed by atoms with Crippen LogP contribution in [0.25, 0.3) is 0 Å². The highest BCUT2D eigenvalue weighted by molar-refractivity contribution is 6.18. The Labute approximate surface area is 157 Å². The van der Waals surface area contributed by atoms with Gasteiger partial charge in [0, 0.05) is 31.6 Å². The van der Waals surface area contributed by atoms with Crippen molar-refractivity contribution in [1.82, 2.24) is 4.90 Å².